The molecule has 0 saturated carbocycles. The van der Waals surface area contributed by atoms with Gasteiger partial charge in [-0.2, -0.15) is 0 Å². The highest BCUT2D eigenvalue weighted by atomic mass is 127. The van der Waals surface area contributed by atoms with Crippen LogP contribution in [0.4, 0.5) is 0 Å². The van der Waals surface area contributed by atoms with Gasteiger partial charge in [-0.25, -0.2) is 0 Å². The minimum atomic E-state index is -0.128. The van der Waals surface area contributed by atoms with Crippen molar-refractivity contribution in [3.05, 3.63) is 0 Å². The van der Waals surface area contributed by atoms with Crippen molar-refractivity contribution in [3.63, 3.8) is 0 Å². The molecule has 0 aliphatic carbocycles. The van der Waals surface area contributed by atoms with E-state index < -0.39 is 0 Å². The predicted octanol–water partition coefficient (Wildman–Crippen LogP) is 1.11. The molecule has 1 heterocycles. The fraction of sp³-hybridized carbons (Fsp3) is 0.909. The maximum absolute atomic E-state index is 5.77. The fourth-order valence-corrected chi connectivity index (χ4v) is 1.80. The van der Waals surface area contributed by atoms with Crippen molar-refractivity contribution in [1.29, 1.82) is 0 Å². The van der Waals surface area contributed by atoms with Crippen molar-refractivity contribution in [2.45, 2.75) is 38.3 Å². The predicted molar refractivity (Wildman–Crippen MR) is 80.0 cm³/mol. The Kier molecular flexibility index (Phi) is 8.06. The molecule has 1 fully saturated rings. The van der Waals surface area contributed by atoms with Crippen molar-refractivity contribution >= 4 is 29.9 Å². The van der Waals surface area contributed by atoms with Crippen molar-refractivity contribution in [2.75, 3.05) is 26.9 Å². The van der Waals surface area contributed by atoms with E-state index in [-0.39, 0.29) is 35.6 Å². The Bertz CT molecular complexity index is 243. The fourth-order valence-electron chi connectivity index (χ4n) is 1.80. The maximum Gasteiger partial charge on any atom is 0.188 e. The van der Waals surface area contributed by atoms with Crippen LogP contribution in [-0.2, 0) is 9.47 Å². The molecule has 0 bridgehead atoms. The van der Waals surface area contributed by atoms with Gasteiger partial charge in [0, 0.05) is 19.8 Å². The summed E-state index contributed by atoms with van der Waals surface area (Å²) < 4.78 is 10.6. The third-order valence-electron chi connectivity index (χ3n) is 2.70. The van der Waals surface area contributed by atoms with Crippen LogP contribution < -0.4 is 11.1 Å². The highest BCUT2D eigenvalue weighted by molar-refractivity contribution is 14.0. The van der Waals surface area contributed by atoms with Crippen molar-refractivity contribution in [1.82, 2.24) is 5.32 Å². The summed E-state index contributed by atoms with van der Waals surface area (Å²) >= 11 is 0. The molecule has 3 N–H and O–H groups in total. The quantitative estimate of drug-likeness (QED) is 0.440. The molecular weight excluding hydrogens is 333 g/mol. The molecular formula is C11H24IN3O2. The number of aliphatic imine (C=N–C) groups is 1. The average molecular weight is 357 g/mol. The first-order valence-electron chi connectivity index (χ1n) is 5.75. The first-order chi connectivity index (χ1) is 7.56. The third kappa shape index (κ3) is 6.42. The molecule has 1 saturated heterocycles. The van der Waals surface area contributed by atoms with E-state index in [1.165, 1.54) is 0 Å². The van der Waals surface area contributed by atoms with E-state index in [0.717, 1.165) is 19.4 Å². The molecule has 0 aromatic heterocycles. The number of rotatable bonds is 5. The summed E-state index contributed by atoms with van der Waals surface area (Å²) in [4.78, 5) is 4.30. The normalized spacial score (nSPS) is 26.4. The summed E-state index contributed by atoms with van der Waals surface area (Å²) in [6.07, 6.45) is 2.16. The third-order valence-corrected chi connectivity index (χ3v) is 2.70. The lowest BCUT2D eigenvalue weighted by Crippen LogP contribution is -2.41. The van der Waals surface area contributed by atoms with Gasteiger partial charge in [0.15, 0.2) is 5.96 Å². The monoisotopic (exact) mass is 357 g/mol. The van der Waals surface area contributed by atoms with Gasteiger partial charge < -0.3 is 20.5 Å². The molecule has 0 aromatic rings. The van der Waals surface area contributed by atoms with Crippen molar-refractivity contribution in [3.8, 4) is 0 Å². The van der Waals surface area contributed by atoms with Crippen LogP contribution in [0.25, 0.3) is 0 Å². The van der Waals surface area contributed by atoms with Gasteiger partial charge in [-0.1, -0.05) is 0 Å². The average Bonchev–Trinajstić information content (AvgIpc) is 2.63. The molecule has 2 atom stereocenters. The van der Waals surface area contributed by atoms with Crippen LogP contribution in [0.15, 0.2) is 4.99 Å². The number of guanidine groups is 1. The summed E-state index contributed by atoms with van der Waals surface area (Å²) in [5.41, 5.74) is 5.64. The number of methoxy groups -OCH3 is 1. The van der Waals surface area contributed by atoms with Crippen LogP contribution in [0.1, 0.15) is 26.7 Å². The molecule has 1 aliphatic rings. The SMILES string of the molecule is COCC(C)NC(N)=NCC1(C)CCCO1.I. The van der Waals surface area contributed by atoms with Crippen molar-refractivity contribution in [2.24, 2.45) is 10.7 Å². The second-order valence-corrected chi connectivity index (χ2v) is 4.60. The largest absolute Gasteiger partial charge is 0.383 e. The standard InChI is InChI=1S/C11H23N3O2.HI/c1-9(7-15-3)14-10(12)13-8-11(2)5-4-6-16-11;/h9H,4-8H2,1-3H3,(H3,12,13,14);1H. The molecule has 102 valence electrons. The second-order valence-electron chi connectivity index (χ2n) is 4.60. The Morgan fingerprint density at radius 2 is 2.35 bits per heavy atom. The first kappa shape index (κ1) is 16.9. The zero-order chi connectivity index (χ0) is 12.0. The Balaban J connectivity index is 0.00000256. The first-order valence-corrected chi connectivity index (χ1v) is 5.75. The van der Waals surface area contributed by atoms with E-state index in [1.54, 1.807) is 7.11 Å². The van der Waals surface area contributed by atoms with E-state index in [0.29, 0.717) is 19.1 Å². The van der Waals surface area contributed by atoms with E-state index in [9.17, 15) is 0 Å². The molecule has 1 aliphatic heterocycles. The highest BCUT2D eigenvalue weighted by Crippen LogP contribution is 2.24. The topological polar surface area (TPSA) is 68.9 Å². The van der Waals surface area contributed by atoms with Crippen LogP contribution in [0, 0.1) is 0 Å². The van der Waals surface area contributed by atoms with Crippen LogP contribution in [0.5, 0.6) is 0 Å². The molecule has 0 amide bonds. The highest BCUT2D eigenvalue weighted by Gasteiger charge is 2.29. The van der Waals surface area contributed by atoms with Gasteiger partial charge in [0.05, 0.1) is 18.8 Å². The number of hydrogen-bond acceptors (Lipinski definition) is 3. The number of nitrogens with one attached hydrogen (secondary N) is 1. The zero-order valence-electron chi connectivity index (χ0n) is 10.9. The summed E-state index contributed by atoms with van der Waals surface area (Å²) in [6, 6.07) is 0.172. The van der Waals surface area contributed by atoms with Gasteiger partial charge >= 0.3 is 0 Å². The Hall–Kier alpha value is -0.0800. The number of halogens is 1. The molecule has 1 rings (SSSR count). The Morgan fingerprint density at radius 1 is 1.65 bits per heavy atom. The van der Waals surface area contributed by atoms with Gasteiger partial charge in [0.1, 0.15) is 0 Å². The number of nitrogens with zero attached hydrogens (tertiary/aromatic N) is 1. The van der Waals surface area contributed by atoms with Gasteiger partial charge in [0.25, 0.3) is 0 Å². The van der Waals surface area contributed by atoms with E-state index >= 15 is 0 Å². The second kappa shape index (κ2) is 8.10. The van der Waals surface area contributed by atoms with Crippen LogP contribution in [0.3, 0.4) is 0 Å². The van der Waals surface area contributed by atoms with E-state index in [4.69, 9.17) is 15.2 Å². The molecule has 5 nitrogen and oxygen atoms in total. The van der Waals surface area contributed by atoms with Crippen molar-refractivity contribution < 1.29 is 9.47 Å². The Labute approximate surface area is 121 Å². The molecule has 2 unspecified atom stereocenters. The van der Waals surface area contributed by atoms with Gasteiger partial charge in [-0.05, 0) is 26.7 Å². The van der Waals surface area contributed by atoms with Gasteiger partial charge in [-0.15, -0.1) is 24.0 Å². The van der Waals surface area contributed by atoms with Gasteiger partial charge in [-0.3, -0.25) is 4.99 Å². The molecule has 0 spiro atoms. The van der Waals surface area contributed by atoms with Crippen LogP contribution >= 0.6 is 24.0 Å². The smallest absolute Gasteiger partial charge is 0.188 e. The maximum atomic E-state index is 5.77. The summed E-state index contributed by atoms with van der Waals surface area (Å²) in [5.74, 6) is 0.460. The number of ether oxygens (including phenoxy) is 2. The molecule has 6 heteroatoms. The summed E-state index contributed by atoms with van der Waals surface area (Å²) in [7, 11) is 1.67. The molecule has 0 radical (unpaired) electrons. The lowest BCUT2D eigenvalue weighted by molar-refractivity contribution is 0.0284. The lowest BCUT2D eigenvalue weighted by Gasteiger charge is -2.21. The van der Waals surface area contributed by atoms with Gasteiger partial charge in [0.2, 0.25) is 0 Å². The minimum Gasteiger partial charge on any atom is -0.383 e. The molecule has 0 aromatic carbocycles. The van der Waals surface area contributed by atoms with Crippen LogP contribution in [-0.4, -0.2) is 44.5 Å². The lowest BCUT2D eigenvalue weighted by atomic mass is 10.0. The van der Waals surface area contributed by atoms with Crippen LogP contribution in [0.2, 0.25) is 0 Å². The minimum absolute atomic E-state index is 0. The molecule has 17 heavy (non-hydrogen) atoms. The van der Waals surface area contributed by atoms with E-state index in [2.05, 4.69) is 17.2 Å². The number of nitrogens with two attached hydrogens (primary N) is 1. The summed E-state index contributed by atoms with van der Waals surface area (Å²) in [5, 5.41) is 3.07. The Morgan fingerprint density at radius 3 is 2.88 bits per heavy atom. The summed E-state index contributed by atoms with van der Waals surface area (Å²) in [6.45, 7) is 6.14. The zero-order valence-corrected chi connectivity index (χ0v) is 13.2. The van der Waals surface area contributed by atoms with E-state index in [1.807, 2.05) is 6.92 Å². The number of hydrogen-bond donors (Lipinski definition) is 2.